The monoisotopic (exact) mass is 326 g/mol. The van der Waals surface area contributed by atoms with E-state index in [1.165, 1.54) is 0 Å². The van der Waals surface area contributed by atoms with Crippen LogP contribution in [-0.2, 0) is 26.3 Å². The fourth-order valence-electron chi connectivity index (χ4n) is 2.54. The summed E-state index contributed by atoms with van der Waals surface area (Å²) in [6, 6.07) is 7.53. The van der Waals surface area contributed by atoms with E-state index in [2.05, 4.69) is 20.6 Å². The molecule has 0 N–H and O–H groups in total. The molecule has 0 spiro atoms. The van der Waals surface area contributed by atoms with E-state index in [0.29, 0.717) is 13.2 Å². The van der Waals surface area contributed by atoms with Gasteiger partial charge in [0, 0.05) is 19.2 Å². The van der Waals surface area contributed by atoms with Crippen LogP contribution in [0.5, 0.6) is 11.5 Å². The van der Waals surface area contributed by atoms with Gasteiger partial charge in [-0.25, -0.2) is 0 Å². The molecule has 24 heavy (non-hydrogen) atoms. The van der Waals surface area contributed by atoms with E-state index in [9.17, 15) is 0 Å². The SMILES string of the molecule is c1cc2cc(c1)OCc1cn(nn1)CCCCn1cc(nn1)CO2. The summed E-state index contributed by atoms with van der Waals surface area (Å²) >= 11 is 0. The van der Waals surface area contributed by atoms with E-state index in [1.807, 2.05) is 46.0 Å². The number of fused-ring (bicyclic) bond motifs is 6. The van der Waals surface area contributed by atoms with Crippen LogP contribution in [0.15, 0.2) is 36.7 Å². The predicted molar refractivity (Wildman–Crippen MR) is 84.4 cm³/mol. The third-order valence-corrected chi connectivity index (χ3v) is 3.78. The molecular formula is C16H18N6O2. The lowest BCUT2D eigenvalue weighted by molar-refractivity contribution is 0.285. The van der Waals surface area contributed by atoms with Crippen molar-refractivity contribution in [3.05, 3.63) is 48.0 Å². The van der Waals surface area contributed by atoms with Gasteiger partial charge >= 0.3 is 0 Å². The number of ether oxygens (including phenoxy) is 2. The van der Waals surface area contributed by atoms with Crippen LogP contribution in [0, 0.1) is 0 Å². The van der Waals surface area contributed by atoms with E-state index >= 15 is 0 Å². The standard InChI is InChI=1S/C16H18N6O2/c1-2-7-22-10-14(18-20-22)12-24-16-5-3-4-15(8-16)23-11-13-9-21(6-1)19-17-13/h3-5,8-10H,1-2,6-7,11-12H2. The van der Waals surface area contributed by atoms with Gasteiger partial charge in [0.1, 0.15) is 36.1 Å². The first kappa shape index (κ1) is 14.7. The van der Waals surface area contributed by atoms with Gasteiger partial charge in [-0.2, -0.15) is 0 Å². The van der Waals surface area contributed by atoms with Gasteiger partial charge in [0.05, 0.1) is 12.4 Å². The fraction of sp³-hybridized carbons (Fsp3) is 0.375. The zero-order valence-corrected chi connectivity index (χ0v) is 13.2. The largest absolute Gasteiger partial charge is 0.487 e. The molecule has 0 unspecified atom stereocenters. The zero-order valence-electron chi connectivity index (χ0n) is 13.2. The first-order chi connectivity index (χ1) is 11.8. The molecule has 8 heteroatoms. The van der Waals surface area contributed by atoms with Gasteiger partial charge in [0.25, 0.3) is 0 Å². The molecule has 3 heterocycles. The van der Waals surface area contributed by atoms with Crippen LogP contribution in [0.2, 0.25) is 0 Å². The van der Waals surface area contributed by atoms with Crippen molar-refractivity contribution in [3.8, 4) is 11.5 Å². The fourth-order valence-corrected chi connectivity index (χ4v) is 2.54. The second-order valence-corrected chi connectivity index (χ2v) is 5.71. The Morgan fingerprint density at radius 1 is 0.792 bits per heavy atom. The minimum absolute atomic E-state index is 0.386. The smallest absolute Gasteiger partial charge is 0.134 e. The van der Waals surface area contributed by atoms with Crippen LogP contribution in [0.3, 0.4) is 0 Å². The number of hydrogen-bond acceptors (Lipinski definition) is 6. The number of aromatic nitrogens is 6. The summed E-state index contributed by atoms with van der Waals surface area (Å²) in [7, 11) is 0. The molecule has 0 atom stereocenters. The van der Waals surface area contributed by atoms with E-state index in [-0.39, 0.29) is 0 Å². The highest BCUT2D eigenvalue weighted by atomic mass is 16.5. The number of aryl methyl sites for hydroxylation is 2. The van der Waals surface area contributed by atoms with Crippen LogP contribution in [0.1, 0.15) is 24.2 Å². The van der Waals surface area contributed by atoms with Crippen molar-refractivity contribution in [2.45, 2.75) is 39.1 Å². The van der Waals surface area contributed by atoms with Crippen LogP contribution < -0.4 is 9.47 Å². The first-order valence-corrected chi connectivity index (χ1v) is 7.99. The molecule has 1 aromatic carbocycles. The number of hydrogen-bond donors (Lipinski definition) is 0. The predicted octanol–water partition coefficient (Wildman–Crippen LogP) is 1.82. The Labute approximate surface area is 139 Å². The van der Waals surface area contributed by atoms with E-state index in [4.69, 9.17) is 9.47 Å². The Morgan fingerprint density at radius 2 is 1.33 bits per heavy atom. The molecule has 8 nitrogen and oxygen atoms in total. The molecule has 0 saturated heterocycles. The average molecular weight is 326 g/mol. The molecule has 1 aliphatic rings. The Hall–Kier alpha value is -2.90. The van der Waals surface area contributed by atoms with E-state index in [0.717, 1.165) is 48.8 Å². The highest BCUT2D eigenvalue weighted by molar-refractivity contribution is 5.33. The summed E-state index contributed by atoms with van der Waals surface area (Å²) in [4.78, 5) is 0. The Balaban J connectivity index is 1.55. The molecule has 6 bridgehead atoms. The van der Waals surface area contributed by atoms with Gasteiger partial charge in [-0.1, -0.05) is 16.5 Å². The third-order valence-electron chi connectivity index (χ3n) is 3.78. The van der Waals surface area contributed by atoms with Crippen LogP contribution in [0.25, 0.3) is 0 Å². The Morgan fingerprint density at radius 3 is 1.88 bits per heavy atom. The van der Waals surface area contributed by atoms with Gasteiger partial charge < -0.3 is 9.47 Å². The molecule has 124 valence electrons. The minimum atomic E-state index is 0.386. The lowest BCUT2D eigenvalue weighted by atomic mass is 10.3. The van der Waals surface area contributed by atoms with Crippen LogP contribution in [0.4, 0.5) is 0 Å². The van der Waals surface area contributed by atoms with Gasteiger partial charge in [-0.15, -0.1) is 10.2 Å². The van der Waals surface area contributed by atoms with Crippen molar-refractivity contribution >= 4 is 0 Å². The molecule has 4 rings (SSSR count). The molecule has 0 radical (unpaired) electrons. The molecule has 0 amide bonds. The number of rotatable bonds is 0. The van der Waals surface area contributed by atoms with E-state index in [1.54, 1.807) is 0 Å². The third kappa shape index (κ3) is 3.53. The van der Waals surface area contributed by atoms with Gasteiger partial charge in [-0.3, -0.25) is 9.36 Å². The molecule has 3 aromatic rings. The molecule has 2 aromatic heterocycles. The number of benzene rings is 1. The van der Waals surface area contributed by atoms with E-state index < -0.39 is 0 Å². The maximum Gasteiger partial charge on any atom is 0.134 e. The van der Waals surface area contributed by atoms with Gasteiger partial charge in [0.2, 0.25) is 0 Å². The normalized spacial score (nSPS) is 15.2. The second-order valence-electron chi connectivity index (χ2n) is 5.71. The quantitative estimate of drug-likeness (QED) is 0.627. The first-order valence-electron chi connectivity index (χ1n) is 7.99. The van der Waals surface area contributed by atoms with Gasteiger partial charge in [-0.05, 0) is 25.0 Å². The highest BCUT2D eigenvalue weighted by Gasteiger charge is 2.06. The molecular weight excluding hydrogens is 308 g/mol. The zero-order chi connectivity index (χ0) is 16.2. The lowest BCUT2D eigenvalue weighted by Crippen LogP contribution is -2.03. The second kappa shape index (κ2) is 6.69. The van der Waals surface area contributed by atoms with Crippen LogP contribution in [-0.4, -0.2) is 30.0 Å². The Bertz CT molecular complexity index is 749. The molecule has 1 aliphatic heterocycles. The lowest BCUT2D eigenvalue weighted by Gasteiger charge is -2.07. The maximum atomic E-state index is 5.77. The summed E-state index contributed by atoms with van der Waals surface area (Å²) in [6.07, 6.45) is 5.84. The topological polar surface area (TPSA) is 79.9 Å². The van der Waals surface area contributed by atoms with Crippen molar-refractivity contribution in [1.82, 2.24) is 30.0 Å². The molecule has 0 aliphatic carbocycles. The summed E-state index contributed by atoms with van der Waals surface area (Å²) in [5, 5.41) is 16.5. The summed E-state index contributed by atoms with van der Waals surface area (Å²) in [6.45, 7) is 2.42. The highest BCUT2D eigenvalue weighted by Crippen LogP contribution is 2.21. The summed E-state index contributed by atoms with van der Waals surface area (Å²) in [5.74, 6) is 1.46. The molecule has 0 saturated carbocycles. The van der Waals surface area contributed by atoms with Gasteiger partial charge in [0.15, 0.2) is 0 Å². The van der Waals surface area contributed by atoms with Crippen molar-refractivity contribution in [1.29, 1.82) is 0 Å². The average Bonchev–Trinajstić information content (AvgIpc) is 3.24. The Kier molecular flexibility index (Phi) is 4.09. The number of nitrogens with zero attached hydrogens (tertiary/aromatic N) is 6. The summed E-state index contributed by atoms with van der Waals surface area (Å²) in [5.41, 5.74) is 1.62. The minimum Gasteiger partial charge on any atom is -0.487 e. The van der Waals surface area contributed by atoms with Crippen molar-refractivity contribution in [2.75, 3.05) is 0 Å². The van der Waals surface area contributed by atoms with Crippen molar-refractivity contribution in [2.24, 2.45) is 0 Å². The van der Waals surface area contributed by atoms with Crippen molar-refractivity contribution in [3.63, 3.8) is 0 Å². The molecule has 0 fully saturated rings. The summed E-state index contributed by atoms with van der Waals surface area (Å²) < 4.78 is 15.2. The van der Waals surface area contributed by atoms with Crippen molar-refractivity contribution < 1.29 is 9.47 Å². The van der Waals surface area contributed by atoms with Crippen LogP contribution >= 0.6 is 0 Å². The maximum absolute atomic E-state index is 5.77.